The highest BCUT2D eigenvalue weighted by Crippen LogP contribution is 2.20. The summed E-state index contributed by atoms with van der Waals surface area (Å²) in [6.45, 7) is 3.68. The Morgan fingerprint density at radius 2 is 1.74 bits per heavy atom. The third kappa shape index (κ3) is 4.64. The molecule has 2 rings (SSSR count). The van der Waals surface area contributed by atoms with Gasteiger partial charge < -0.3 is 10.2 Å². The van der Waals surface area contributed by atoms with Gasteiger partial charge in [-0.25, -0.2) is 4.39 Å². The number of aryl methyl sites for hydroxylation is 1. The Bertz CT molecular complexity index is 698. The molecule has 4 nitrogen and oxygen atoms in total. The van der Waals surface area contributed by atoms with Gasteiger partial charge in [0.25, 0.3) is 0 Å². The van der Waals surface area contributed by atoms with E-state index >= 15 is 0 Å². The molecule has 0 aliphatic heterocycles. The van der Waals surface area contributed by atoms with E-state index in [0.717, 1.165) is 11.3 Å². The summed E-state index contributed by atoms with van der Waals surface area (Å²) < 4.78 is 12.8. The Labute approximate surface area is 134 Å². The highest BCUT2D eigenvalue weighted by molar-refractivity contribution is 5.95. The van der Waals surface area contributed by atoms with Crippen molar-refractivity contribution >= 4 is 23.2 Å². The summed E-state index contributed by atoms with van der Waals surface area (Å²) in [5.74, 6) is -0.698. The molecule has 0 fully saturated rings. The maximum atomic E-state index is 12.8. The van der Waals surface area contributed by atoms with E-state index in [-0.39, 0.29) is 30.6 Å². The first kappa shape index (κ1) is 16.7. The molecule has 23 heavy (non-hydrogen) atoms. The number of benzene rings is 2. The third-order valence-corrected chi connectivity index (χ3v) is 3.48. The minimum atomic E-state index is -0.356. The van der Waals surface area contributed by atoms with Gasteiger partial charge in [0.2, 0.25) is 11.8 Å². The zero-order valence-electron chi connectivity index (χ0n) is 13.2. The molecule has 0 spiro atoms. The number of halogens is 1. The Balaban J connectivity index is 1.99. The number of anilines is 2. The highest BCUT2D eigenvalue weighted by atomic mass is 19.1. The molecule has 0 aliphatic rings. The first-order chi connectivity index (χ1) is 11.0. The van der Waals surface area contributed by atoms with Crippen molar-refractivity contribution in [3.8, 4) is 0 Å². The molecule has 0 radical (unpaired) electrons. The Morgan fingerprint density at radius 1 is 1.09 bits per heavy atom. The maximum Gasteiger partial charge on any atom is 0.226 e. The van der Waals surface area contributed by atoms with E-state index in [0.29, 0.717) is 5.69 Å². The van der Waals surface area contributed by atoms with Gasteiger partial charge in [-0.15, -0.1) is 0 Å². The van der Waals surface area contributed by atoms with Crippen molar-refractivity contribution < 1.29 is 14.0 Å². The molecular weight excluding hydrogens is 295 g/mol. The van der Waals surface area contributed by atoms with E-state index in [1.54, 1.807) is 4.90 Å². The topological polar surface area (TPSA) is 49.4 Å². The van der Waals surface area contributed by atoms with Gasteiger partial charge in [0, 0.05) is 31.3 Å². The van der Waals surface area contributed by atoms with Gasteiger partial charge in [0.15, 0.2) is 0 Å². The molecule has 2 amide bonds. The van der Waals surface area contributed by atoms with Crippen molar-refractivity contribution in [2.75, 3.05) is 16.8 Å². The van der Waals surface area contributed by atoms with Gasteiger partial charge in [-0.2, -0.15) is 0 Å². The number of para-hydroxylation sites is 1. The monoisotopic (exact) mass is 314 g/mol. The molecule has 2 aromatic carbocycles. The van der Waals surface area contributed by atoms with Gasteiger partial charge >= 0.3 is 0 Å². The van der Waals surface area contributed by atoms with E-state index in [2.05, 4.69) is 5.32 Å². The summed E-state index contributed by atoms with van der Waals surface area (Å²) >= 11 is 0. The summed E-state index contributed by atoms with van der Waals surface area (Å²) in [6, 6.07) is 13.1. The normalized spacial score (nSPS) is 10.2. The quantitative estimate of drug-likeness (QED) is 0.918. The molecule has 0 saturated heterocycles. The van der Waals surface area contributed by atoms with Crippen molar-refractivity contribution in [2.45, 2.75) is 20.3 Å². The SMILES string of the molecule is CC(=O)N(CCC(=O)Nc1ccc(F)cc1)c1ccccc1C. The van der Waals surface area contributed by atoms with Crippen LogP contribution in [0.5, 0.6) is 0 Å². The Hall–Kier alpha value is -2.69. The second kappa shape index (κ2) is 7.54. The number of hydrogen-bond donors (Lipinski definition) is 1. The molecule has 120 valence electrons. The van der Waals surface area contributed by atoms with Crippen LogP contribution in [0.1, 0.15) is 18.9 Å². The molecule has 0 heterocycles. The van der Waals surface area contributed by atoms with Crippen molar-refractivity contribution in [2.24, 2.45) is 0 Å². The summed E-state index contributed by atoms with van der Waals surface area (Å²) in [5, 5.41) is 2.69. The van der Waals surface area contributed by atoms with E-state index in [9.17, 15) is 14.0 Å². The lowest BCUT2D eigenvalue weighted by molar-refractivity contribution is -0.117. The maximum absolute atomic E-state index is 12.8. The van der Waals surface area contributed by atoms with E-state index in [1.165, 1.54) is 31.2 Å². The lowest BCUT2D eigenvalue weighted by Gasteiger charge is -2.22. The average molecular weight is 314 g/mol. The van der Waals surface area contributed by atoms with Crippen LogP contribution in [0, 0.1) is 12.7 Å². The largest absolute Gasteiger partial charge is 0.326 e. The minimum absolute atomic E-state index is 0.117. The number of carbonyl (C=O) groups is 2. The van der Waals surface area contributed by atoms with Crippen LogP contribution >= 0.6 is 0 Å². The van der Waals surface area contributed by atoms with E-state index < -0.39 is 0 Å². The van der Waals surface area contributed by atoms with Crippen LogP contribution in [-0.4, -0.2) is 18.4 Å². The summed E-state index contributed by atoms with van der Waals surface area (Å²) in [7, 11) is 0. The lowest BCUT2D eigenvalue weighted by atomic mass is 10.1. The van der Waals surface area contributed by atoms with Crippen LogP contribution < -0.4 is 10.2 Å². The van der Waals surface area contributed by atoms with Gasteiger partial charge in [0.1, 0.15) is 5.82 Å². The molecule has 2 aromatic rings. The number of rotatable bonds is 5. The second-order valence-electron chi connectivity index (χ2n) is 5.26. The molecule has 0 atom stereocenters. The Kier molecular flexibility index (Phi) is 5.46. The fraction of sp³-hybridized carbons (Fsp3) is 0.222. The zero-order chi connectivity index (χ0) is 16.8. The number of hydrogen-bond acceptors (Lipinski definition) is 2. The molecule has 0 bridgehead atoms. The third-order valence-electron chi connectivity index (χ3n) is 3.48. The fourth-order valence-electron chi connectivity index (χ4n) is 2.28. The van der Waals surface area contributed by atoms with Gasteiger partial charge in [-0.05, 0) is 42.8 Å². The molecule has 0 aromatic heterocycles. The predicted octanol–water partition coefficient (Wildman–Crippen LogP) is 3.52. The van der Waals surface area contributed by atoms with Gasteiger partial charge in [-0.3, -0.25) is 9.59 Å². The van der Waals surface area contributed by atoms with Crippen LogP contribution in [0.4, 0.5) is 15.8 Å². The number of amides is 2. The summed E-state index contributed by atoms with van der Waals surface area (Å²) in [5.41, 5.74) is 2.30. The average Bonchev–Trinajstić information content (AvgIpc) is 2.51. The summed E-state index contributed by atoms with van der Waals surface area (Å²) in [6.07, 6.45) is 0.158. The van der Waals surface area contributed by atoms with E-state index in [1.807, 2.05) is 31.2 Å². The minimum Gasteiger partial charge on any atom is -0.326 e. The molecule has 0 aliphatic carbocycles. The first-order valence-corrected chi connectivity index (χ1v) is 7.36. The standard InChI is InChI=1S/C18H19FN2O2/c1-13-5-3-4-6-17(13)21(14(2)22)12-11-18(23)20-16-9-7-15(19)8-10-16/h3-10H,11-12H2,1-2H3,(H,20,23). The zero-order valence-corrected chi connectivity index (χ0v) is 13.2. The van der Waals surface area contributed by atoms with Crippen LogP contribution in [0.15, 0.2) is 48.5 Å². The lowest BCUT2D eigenvalue weighted by Crippen LogP contribution is -2.32. The van der Waals surface area contributed by atoms with Crippen molar-refractivity contribution in [3.63, 3.8) is 0 Å². The molecule has 0 unspecified atom stereocenters. The number of nitrogens with one attached hydrogen (secondary N) is 1. The van der Waals surface area contributed by atoms with Crippen LogP contribution in [0.25, 0.3) is 0 Å². The summed E-state index contributed by atoms with van der Waals surface area (Å²) in [4.78, 5) is 25.4. The van der Waals surface area contributed by atoms with Crippen LogP contribution in [0.2, 0.25) is 0 Å². The Morgan fingerprint density at radius 3 is 2.35 bits per heavy atom. The van der Waals surface area contributed by atoms with Crippen molar-refractivity contribution in [1.82, 2.24) is 0 Å². The van der Waals surface area contributed by atoms with Crippen LogP contribution in [-0.2, 0) is 9.59 Å². The smallest absolute Gasteiger partial charge is 0.226 e. The van der Waals surface area contributed by atoms with Crippen molar-refractivity contribution in [1.29, 1.82) is 0 Å². The van der Waals surface area contributed by atoms with Gasteiger partial charge in [0.05, 0.1) is 0 Å². The number of nitrogens with zero attached hydrogens (tertiary/aromatic N) is 1. The van der Waals surface area contributed by atoms with Gasteiger partial charge in [-0.1, -0.05) is 18.2 Å². The first-order valence-electron chi connectivity index (χ1n) is 7.36. The number of carbonyl (C=O) groups excluding carboxylic acids is 2. The van der Waals surface area contributed by atoms with Crippen LogP contribution in [0.3, 0.4) is 0 Å². The fourth-order valence-corrected chi connectivity index (χ4v) is 2.28. The van der Waals surface area contributed by atoms with Crippen molar-refractivity contribution in [3.05, 3.63) is 59.9 Å². The molecule has 5 heteroatoms. The molecule has 0 saturated carbocycles. The van der Waals surface area contributed by atoms with E-state index in [4.69, 9.17) is 0 Å². The molecular formula is C18H19FN2O2. The predicted molar refractivity (Wildman–Crippen MR) is 88.9 cm³/mol. The highest BCUT2D eigenvalue weighted by Gasteiger charge is 2.15. The second-order valence-corrected chi connectivity index (χ2v) is 5.26. The molecule has 1 N–H and O–H groups in total.